The zero-order chi connectivity index (χ0) is 17.3. The average molecular weight is 335 g/mol. The molecule has 2 heteroatoms. The summed E-state index contributed by atoms with van der Waals surface area (Å²) < 4.78 is 0. The Kier molecular flexibility index (Phi) is 6.70. The molecule has 0 amide bonds. The summed E-state index contributed by atoms with van der Waals surface area (Å²) in [5, 5.41) is 4.95. The van der Waals surface area contributed by atoms with E-state index in [0.29, 0.717) is 5.92 Å². The van der Waals surface area contributed by atoms with Gasteiger partial charge < -0.3 is 10.3 Å². The fourth-order valence-corrected chi connectivity index (χ4v) is 3.51. The summed E-state index contributed by atoms with van der Waals surface area (Å²) in [7, 11) is 0. The lowest BCUT2D eigenvalue weighted by molar-refractivity contribution is 0.559. The van der Waals surface area contributed by atoms with Crippen LogP contribution in [-0.4, -0.2) is 18.1 Å². The quantitative estimate of drug-likeness (QED) is 0.460. The summed E-state index contributed by atoms with van der Waals surface area (Å²) in [4.78, 5) is 3.35. The van der Waals surface area contributed by atoms with Crippen LogP contribution >= 0.6 is 0 Å². The Morgan fingerprint density at radius 3 is 2.56 bits per heavy atom. The molecular formula is C23H30N2. The standard InChI is InChI=1S/C23H30N2/c1-19(20-11-5-2-6-12-20)10-4-3-9-16-24-17-15-21-18-25-23-14-8-7-13-22(21)23/h2,5-8,11-14,18-19,24-25H,3-4,9-10,15-17H2,1H3. The van der Waals surface area contributed by atoms with Crippen LogP contribution in [0.1, 0.15) is 49.7 Å². The minimum absolute atomic E-state index is 0.677. The molecule has 0 aliphatic rings. The van der Waals surface area contributed by atoms with E-state index in [-0.39, 0.29) is 0 Å². The highest BCUT2D eigenvalue weighted by Gasteiger charge is 2.04. The normalized spacial score (nSPS) is 12.5. The monoisotopic (exact) mass is 334 g/mol. The number of nitrogens with one attached hydrogen (secondary N) is 2. The van der Waals surface area contributed by atoms with Crippen LogP contribution in [0.4, 0.5) is 0 Å². The zero-order valence-corrected chi connectivity index (χ0v) is 15.3. The molecule has 0 bridgehead atoms. The van der Waals surface area contributed by atoms with Crippen molar-refractivity contribution in [3.05, 3.63) is 71.9 Å². The zero-order valence-electron chi connectivity index (χ0n) is 15.3. The average Bonchev–Trinajstić information content (AvgIpc) is 3.07. The van der Waals surface area contributed by atoms with E-state index in [1.165, 1.54) is 47.7 Å². The van der Waals surface area contributed by atoms with Gasteiger partial charge in [-0.1, -0.05) is 68.3 Å². The molecule has 0 radical (unpaired) electrons. The summed E-state index contributed by atoms with van der Waals surface area (Å²) in [6, 6.07) is 19.4. The first-order valence-electron chi connectivity index (χ1n) is 9.65. The van der Waals surface area contributed by atoms with Crippen molar-refractivity contribution in [3.63, 3.8) is 0 Å². The molecule has 1 unspecified atom stereocenters. The molecule has 132 valence electrons. The summed E-state index contributed by atoms with van der Waals surface area (Å²) in [5.74, 6) is 0.677. The molecule has 25 heavy (non-hydrogen) atoms. The fourth-order valence-electron chi connectivity index (χ4n) is 3.51. The minimum atomic E-state index is 0.677. The second-order valence-corrected chi connectivity index (χ2v) is 7.02. The maximum atomic E-state index is 3.59. The van der Waals surface area contributed by atoms with E-state index >= 15 is 0 Å². The summed E-state index contributed by atoms with van der Waals surface area (Å²) in [6.45, 7) is 4.53. The van der Waals surface area contributed by atoms with E-state index < -0.39 is 0 Å². The van der Waals surface area contributed by atoms with Crippen molar-refractivity contribution in [1.29, 1.82) is 0 Å². The molecule has 0 aliphatic carbocycles. The Hall–Kier alpha value is -2.06. The number of hydrogen-bond donors (Lipinski definition) is 2. The molecule has 3 aromatic rings. The molecule has 0 aliphatic heterocycles. The summed E-state index contributed by atoms with van der Waals surface area (Å²) in [5.41, 5.74) is 4.13. The van der Waals surface area contributed by atoms with Gasteiger partial charge in [0.1, 0.15) is 0 Å². The molecule has 1 atom stereocenters. The lowest BCUT2D eigenvalue weighted by atomic mass is 9.95. The maximum absolute atomic E-state index is 3.59. The Bertz CT molecular complexity index is 745. The smallest absolute Gasteiger partial charge is 0.0456 e. The van der Waals surface area contributed by atoms with Crippen molar-refractivity contribution in [3.8, 4) is 0 Å². The second kappa shape index (κ2) is 9.43. The van der Waals surface area contributed by atoms with Crippen LogP contribution in [0.3, 0.4) is 0 Å². The molecule has 2 aromatic carbocycles. The second-order valence-electron chi connectivity index (χ2n) is 7.02. The van der Waals surface area contributed by atoms with E-state index in [9.17, 15) is 0 Å². The summed E-state index contributed by atoms with van der Waals surface area (Å²) in [6.07, 6.45) is 8.44. The first-order valence-corrected chi connectivity index (χ1v) is 9.65. The Morgan fingerprint density at radius 1 is 0.880 bits per heavy atom. The van der Waals surface area contributed by atoms with Gasteiger partial charge in [-0.05, 0) is 55.5 Å². The van der Waals surface area contributed by atoms with E-state index in [0.717, 1.165) is 19.5 Å². The van der Waals surface area contributed by atoms with Crippen molar-refractivity contribution in [2.45, 2.75) is 44.9 Å². The van der Waals surface area contributed by atoms with Crippen molar-refractivity contribution in [2.24, 2.45) is 0 Å². The number of fused-ring (bicyclic) bond motifs is 1. The SMILES string of the molecule is CC(CCCCCNCCc1c[nH]c2ccccc12)c1ccccc1. The third-order valence-electron chi connectivity index (χ3n) is 5.11. The van der Waals surface area contributed by atoms with Crippen molar-refractivity contribution in [2.75, 3.05) is 13.1 Å². The molecule has 0 spiro atoms. The Morgan fingerprint density at radius 2 is 1.68 bits per heavy atom. The number of aromatic nitrogens is 1. The highest BCUT2D eigenvalue weighted by Crippen LogP contribution is 2.21. The largest absolute Gasteiger partial charge is 0.361 e. The predicted molar refractivity (Wildman–Crippen MR) is 108 cm³/mol. The van der Waals surface area contributed by atoms with Gasteiger partial charge in [0.15, 0.2) is 0 Å². The van der Waals surface area contributed by atoms with Gasteiger partial charge >= 0.3 is 0 Å². The third-order valence-corrected chi connectivity index (χ3v) is 5.11. The topological polar surface area (TPSA) is 27.8 Å². The molecule has 2 nitrogen and oxygen atoms in total. The van der Waals surface area contributed by atoms with Crippen LogP contribution in [0.5, 0.6) is 0 Å². The Balaban J connectivity index is 1.26. The van der Waals surface area contributed by atoms with E-state index in [2.05, 4.69) is 78.0 Å². The van der Waals surface area contributed by atoms with Crippen molar-refractivity contribution in [1.82, 2.24) is 10.3 Å². The fraction of sp³-hybridized carbons (Fsp3) is 0.391. The highest BCUT2D eigenvalue weighted by molar-refractivity contribution is 5.83. The molecular weight excluding hydrogens is 304 g/mol. The molecule has 1 aromatic heterocycles. The van der Waals surface area contributed by atoms with Crippen LogP contribution in [0, 0.1) is 0 Å². The lowest BCUT2D eigenvalue weighted by Crippen LogP contribution is -2.18. The van der Waals surface area contributed by atoms with Crippen molar-refractivity contribution >= 4 is 10.9 Å². The third kappa shape index (κ3) is 5.20. The highest BCUT2D eigenvalue weighted by atomic mass is 14.8. The molecule has 0 saturated carbocycles. The lowest BCUT2D eigenvalue weighted by Gasteiger charge is -2.11. The van der Waals surface area contributed by atoms with Gasteiger partial charge in [-0.3, -0.25) is 0 Å². The van der Waals surface area contributed by atoms with Gasteiger partial charge in [0.2, 0.25) is 0 Å². The van der Waals surface area contributed by atoms with Crippen molar-refractivity contribution < 1.29 is 0 Å². The number of para-hydroxylation sites is 1. The van der Waals surface area contributed by atoms with E-state index in [1.54, 1.807) is 0 Å². The molecule has 3 rings (SSSR count). The number of aromatic amines is 1. The number of H-pyrrole nitrogens is 1. The van der Waals surface area contributed by atoms with Gasteiger partial charge in [0, 0.05) is 17.1 Å². The van der Waals surface area contributed by atoms with Crippen LogP contribution in [0.15, 0.2) is 60.8 Å². The first-order chi connectivity index (χ1) is 12.3. The van der Waals surface area contributed by atoms with Gasteiger partial charge in [0.25, 0.3) is 0 Å². The molecule has 0 saturated heterocycles. The molecule has 1 heterocycles. The maximum Gasteiger partial charge on any atom is 0.0456 e. The van der Waals surface area contributed by atoms with Crippen LogP contribution < -0.4 is 5.32 Å². The van der Waals surface area contributed by atoms with Crippen LogP contribution in [0.25, 0.3) is 10.9 Å². The van der Waals surface area contributed by atoms with Gasteiger partial charge in [0.05, 0.1) is 0 Å². The van der Waals surface area contributed by atoms with Crippen LogP contribution in [-0.2, 0) is 6.42 Å². The molecule has 2 N–H and O–H groups in total. The van der Waals surface area contributed by atoms with Gasteiger partial charge in [-0.2, -0.15) is 0 Å². The first kappa shape index (κ1) is 17.8. The van der Waals surface area contributed by atoms with E-state index in [1.807, 2.05) is 0 Å². The predicted octanol–water partition coefficient (Wildman–Crippen LogP) is 5.66. The number of unbranched alkanes of at least 4 members (excludes halogenated alkanes) is 2. The number of hydrogen-bond acceptors (Lipinski definition) is 1. The molecule has 0 fully saturated rings. The Labute approximate surface area is 151 Å². The minimum Gasteiger partial charge on any atom is -0.361 e. The van der Waals surface area contributed by atoms with E-state index in [4.69, 9.17) is 0 Å². The number of rotatable bonds is 10. The van der Waals surface area contributed by atoms with Gasteiger partial charge in [-0.25, -0.2) is 0 Å². The number of benzene rings is 2. The summed E-state index contributed by atoms with van der Waals surface area (Å²) >= 11 is 0. The van der Waals surface area contributed by atoms with Crippen LogP contribution in [0.2, 0.25) is 0 Å². The van der Waals surface area contributed by atoms with Gasteiger partial charge in [-0.15, -0.1) is 0 Å².